The SMILES string of the molecule is COc1c2c(cc3c1OCO3)[C@]13C=C[C@@H](OC)C[C@@H]1N(C2)C[C@@H]3O. The van der Waals surface area contributed by atoms with Crippen LogP contribution in [0.4, 0.5) is 0 Å². The molecule has 5 rings (SSSR count). The van der Waals surface area contributed by atoms with Crippen molar-refractivity contribution < 1.29 is 24.1 Å². The van der Waals surface area contributed by atoms with E-state index >= 15 is 0 Å². The summed E-state index contributed by atoms with van der Waals surface area (Å²) < 4.78 is 22.4. The van der Waals surface area contributed by atoms with Crippen LogP contribution in [0.15, 0.2) is 18.2 Å². The van der Waals surface area contributed by atoms with Gasteiger partial charge in [0.2, 0.25) is 12.5 Å². The van der Waals surface area contributed by atoms with Gasteiger partial charge in [-0.1, -0.05) is 12.2 Å². The highest BCUT2D eigenvalue weighted by atomic mass is 16.7. The highest BCUT2D eigenvalue weighted by Crippen LogP contribution is 2.57. The normalized spacial score (nSPS) is 38.0. The molecule has 1 aromatic rings. The van der Waals surface area contributed by atoms with Crippen LogP contribution in [0.3, 0.4) is 0 Å². The second kappa shape index (κ2) is 4.88. The monoisotopic (exact) mass is 331 g/mol. The van der Waals surface area contributed by atoms with Gasteiger partial charge in [-0.15, -0.1) is 0 Å². The molecule has 0 aromatic heterocycles. The molecule has 6 nitrogen and oxygen atoms in total. The average Bonchev–Trinajstić information content (AvgIpc) is 3.14. The molecule has 3 heterocycles. The van der Waals surface area contributed by atoms with Crippen LogP contribution >= 0.6 is 0 Å². The topological polar surface area (TPSA) is 60.4 Å². The van der Waals surface area contributed by atoms with Gasteiger partial charge in [-0.3, -0.25) is 4.90 Å². The standard InChI is InChI=1S/C18H21NO5/c1-21-10-3-4-18-12-6-13-17(24-9-23-13)16(22-2)11(12)7-19(8-15(18)20)14(18)5-10/h3-4,6,10,14-15,20H,5,7-9H2,1-2H3/t10-,14+,15+,18-/m1/s1. The van der Waals surface area contributed by atoms with Gasteiger partial charge < -0.3 is 24.1 Å². The van der Waals surface area contributed by atoms with E-state index in [1.165, 1.54) is 0 Å². The van der Waals surface area contributed by atoms with E-state index < -0.39 is 11.5 Å². The number of fused-ring (bicyclic) bond motifs is 2. The Kier molecular flexibility index (Phi) is 2.96. The van der Waals surface area contributed by atoms with Gasteiger partial charge in [0.05, 0.1) is 24.7 Å². The second-order valence-electron chi connectivity index (χ2n) is 6.93. The molecule has 1 aromatic carbocycles. The Hall–Kier alpha value is -1.76. The summed E-state index contributed by atoms with van der Waals surface area (Å²) in [5.41, 5.74) is 1.76. The molecule has 1 aliphatic carbocycles. The third-order valence-electron chi connectivity index (χ3n) is 6.05. The van der Waals surface area contributed by atoms with Gasteiger partial charge in [-0.25, -0.2) is 0 Å². The number of ether oxygens (including phenoxy) is 4. The Balaban J connectivity index is 1.76. The van der Waals surface area contributed by atoms with E-state index in [4.69, 9.17) is 18.9 Å². The number of benzene rings is 1. The largest absolute Gasteiger partial charge is 0.492 e. The minimum Gasteiger partial charge on any atom is -0.492 e. The molecule has 128 valence electrons. The van der Waals surface area contributed by atoms with Crippen molar-refractivity contribution in [2.24, 2.45) is 0 Å². The van der Waals surface area contributed by atoms with Crippen molar-refractivity contribution in [3.8, 4) is 17.2 Å². The number of methoxy groups -OCH3 is 2. The molecule has 6 heteroatoms. The number of hydrogen-bond acceptors (Lipinski definition) is 6. The summed E-state index contributed by atoms with van der Waals surface area (Å²) in [6.45, 7) is 1.59. The molecule has 0 spiro atoms. The molecule has 0 radical (unpaired) electrons. The molecule has 3 aliphatic heterocycles. The summed E-state index contributed by atoms with van der Waals surface area (Å²) >= 11 is 0. The van der Waals surface area contributed by atoms with Gasteiger partial charge in [-0.05, 0) is 18.1 Å². The van der Waals surface area contributed by atoms with Crippen molar-refractivity contribution in [3.63, 3.8) is 0 Å². The van der Waals surface area contributed by atoms with Crippen LogP contribution in [0, 0.1) is 0 Å². The summed E-state index contributed by atoms with van der Waals surface area (Å²) in [4.78, 5) is 2.34. The maximum atomic E-state index is 11.0. The lowest BCUT2D eigenvalue weighted by molar-refractivity contribution is 0.0655. The third-order valence-corrected chi connectivity index (χ3v) is 6.05. The van der Waals surface area contributed by atoms with E-state index in [0.717, 1.165) is 29.8 Å². The first kappa shape index (κ1) is 14.6. The van der Waals surface area contributed by atoms with Gasteiger partial charge >= 0.3 is 0 Å². The van der Waals surface area contributed by atoms with Crippen LogP contribution in [0.1, 0.15) is 17.5 Å². The molecule has 0 saturated carbocycles. The summed E-state index contributed by atoms with van der Waals surface area (Å²) in [5.74, 6) is 2.11. The molecular formula is C18H21NO5. The van der Waals surface area contributed by atoms with Crippen molar-refractivity contribution in [2.75, 3.05) is 27.6 Å². The Morgan fingerprint density at radius 3 is 3.00 bits per heavy atom. The zero-order chi connectivity index (χ0) is 16.5. The van der Waals surface area contributed by atoms with Crippen LogP contribution < -0.4 is 14.2 Å². The van der Waals surface area contributed by atoms with Crippen molar-refractivity contribution >= 4 is 0 Å². The third kappa shape index (κ3) is 1.61. The van der Waals surface area contributed by atoms with Gasteiger partial charge in [0.25, 0.3) is 0 Å². The van der Waals surface area contributed by atoms with Crippen molar-refractivity contribution in [1.29, 1.82) is 0 Å². The Bertz CT molecular complexity index is 733. The van der Waals surface area contributed by atoms with Crippen molar-refractivity contribution in [3.05, 3.63) is 29.3 Å². The van der Waals surface area contributed by atoms with Gasteiger partial charge in [0, 0.05) is 31.8 Å². The smallest absolute Gasteiger partial charge is 0.231 e. The first-order valence-corrected chi connectivity index (χ1v) is 8.33. The van der Waals surface area contributed by atoms with Crippen LogP contribution in [0.2, 0.25) is 0 Å². The van der Waals surface area contributed by atoms with Crippen LogP contribution in [-0.2, 0) is 16.7 Å². The average molecular weight is 331 g/mol. The predicted octanol–water partition coefficient (Wildman–Crippen LogP) is 1.20. The lowest BCUT2D eigenvalue weighted by Crippen LogP contribution is -2.52. The summed E-state index contributed by atoms with van der Waals surface area (Å²) in [6.07, 6.45) is 4.73. The Morgan fingerprint density at radius 1 is 1.33 bits per heavy atom. The first-order chi connectivity index (χ1) is 11.7. The molecule has 2 bridgehead atoms. The minimum atomic E-state index is -0.456. The second-order valence-corrected chi connectivity index (χ2v) is 6.93. The van der Waals surface area contributed by atoms with E-state index in [0.29, 0.717) is 18.0 Å². The Labute approximate surface area is 140 Å². The van der Waals surface area contributed by atoms with E-state index in [9.17, 15) is 5.11 Å². The molecule has 4 aliphatic rings. The lowest BCUT2D eigenvalue weighted by Gasteiger charge is -2.46. The summed E-state index contributed by atoms with van der Waals surface area (Å²) in [7, 11) is 3.39. The molecule has 5 atom stereocenters. The summed E-state index contributed by atoms with van der Waals surface area (Å²) in [6, 6.07) is 2.26. The molecule has 0 amide bonds. The van der Waals surface area contributed by atoms with Crippen LogP contribution in [0.5, 0.6) is 17.2 Å². The first-order valence-electron chi connectivity index (χ1n) is 8.33. The number of rotatable bonds is 2. The van der Waals surface area contributed by atoms with Gasteiger partial charge in [0.1, 0.15) is 0 Å². The predicted molar refractivity (Wildman–Crippen MR) is 85.6 cm³/mol. The zero-order valence-corrected chi connectivity index (χ0v) is 13.8. The minimum absolute atomic E-state index is 0.0911. The summed E-state index contributed by atoms with van der Waals surface area (Å²) in [5, 5.41) is 11.0. The maximum absolute atomic E-state index is 11.0. The van der Waals surface area contributed by atoms with Crippen molar-refractivity contribution in [2.45, 2.75) is 36.6 Å². The van der Waals surface area contributed by atoms with Crippen molar-refractivity contribution in [1.82, 2.24) is 4.90 Å². The number of aliphatic hydroxyl groups is 1. The highest BCUT2D eigenvalue weighted by molar-refractivity contribution is 5.65. The quantitative estimate of drug-likeness (QED) is 0.822. The van der Waals surface area contributed by atoms with Gasteiger partial charge in [0.15, 0.2) is 11.5 Å². The molecule has 24 heavy (non-hydrogen) atoms. The number of nitrogens with zero attached hydrogens (tertiary/aromatic N) is 1. The molecule has 1 unspecified atom stereocenters. The maximum Gasteiger partial charge on any atom is 0.231 e. The molecule has 1 N–H and O–H groups in total. The number of aliphatic hydroxyl groups excluding tert-OH is 1. The van der Waals surface area contributed by atoms with E-state index in [-0.39, 0.29) is 18.9 Å². The number of hydrogen-bond donors (Lipinski definition) is 1. The van der Waals surface area contributed by atoms with E-state index in [1.807, 2.05) is 6.07 Å². The molecule has 1 saturated heterocycles. The Morgan fingerprint density at radius 2 is 2.21 bits per heavy atom. The molecule has 1 fully saturated rings. The highest BCUT2D eigenvalue weighted by Gasteiger charge is 2.59. The fourth-order valence-corrected chi connectivity index (χ4v) is 4.97. The fraction of sp³-hybridized carbons (Fsp3) is 0.556. The lowest BCUT2D eigenvalue weighted by atomic mass is 9.65. The van der Waals surface area contributed by atoms with E-state index in [1.54, 1.807) is 14.2 Å². The zero-order valence-electron chi connectivity index (χ0n) is 13.8. The van der Waals surface area contributed by atoms with Gasteiger partial charge in [-0.2, -0.15) is 0 Å². The fourth-order valence-electron chi connectivity index (χ4n) is 4.97. The van der Waals surface area contributed by atoms with Crippen LogP contribution in [-0.4, -0.2) is 55.8 Å². The molecular weight excluding hydrogens is 310 g/mol. The van der Waals surface area contributed by atoms with E-state index in [2.05, 4.69) is 17.1 Å². The van der Waals surface area contributed by atoms with Crippen LogP contribution in [0.25, 0.3) is 0 Å².